The predicted molar refractivity (Wildman–Crippen MR) is 262 cm³/mol. The molecule has 12 atom stereocenters. The topological polar surface area (TPSA) is 166 Å². The summed E-state index contributed by atoms with van der Waals surface area (Å²) < 4.78 is 5.77. The van der Waals surface area contributed by atoms with E-state index >= 15 is 0 Å². The monoisotopic (exact) mass is 938 g/mol. The Labute approximate surface area is 407 Å². The summed E-state index contributed by atoms with van der Waals surface area (Å²) in [6, 6.07) is 44.5. The van der Waals surface area contributed by atoms with Gasteiger partial charge in [0.2, 0.25) is 23.6 Å². The summed E-state index contributed by atoms with van der Waals surface area (Å²) in [4.78, 5) is 88.3. The van der Waals surface area contributed by atoms with Gasteiger partial charge in [0, 0.05) is 79.6 Å². The van der Waals surface area contributed by atoms with Crippen LogP contribution < -0.4 is 26.0 Å². The van der Waals surface area contributed by atoms with Crippen LogP contribution in [0.2, 0.25) is 0 Å². The van der Waals surface area contributed by atoms with E-state index in [4.69, 9.17) is 4.74 Å². The molecule has 0 bridgehead atoms. The number of carbonyl (C=O) groups is 6. The summed E-state index contributed by atoms with van der Waals surface area (Å²) in [5, 5.41) is 12.8. The van der Waals surface area contributed by atoms with Gasteiger partial charge in [0.1, 0.15) is 5.75 Å². The van der Waals surface area contributed by atoms with E-state index in [-0.39, 0.29) is 115 Å². The van der Waals surface area contributed by atoms with Crippen molar-refractivity contribution in [3.63, 3.8) is 0 Å². The van der Waals surface area contributed by atoms with E-state index in [1.54, 1.807) is 11.0 Å². The van der Waals surface area contributed by atoms with Crippen LogP contribution in [0.15, 0.2) is 140 Å². The number of nitrogens with one attached hydrogen (secondary N) is 4. The lowest BCUT2D eigenvalue weighted by Gasteiger charge is -2.20. The largest absolute Gasteiger partial charge is 0.496 e. The number of likely N-dealkylation sites (tertiary alicyclic amines) is 2. The molecule has 4 aliphatic carbocycles. The maximum Gasteiger partial charge on any atom is 0.257 e. The molecule has 11 rings (SSSR count). The van der Waals surface area contributed by atoms with E-state index in [1.807, 2.05) is 72.8 Å². The van der Waals surface area contributed by atoms with Gasteiger partial charge < -0.3 is 35.8 Å². The Balaban J connectivity index is 0.781. The zero-order valence-electron chi connectivity index (χ0n) is 39.1. The zero-order valence-corrected chi connectivity index (χ0v) is 39.1. The van der Waals surface area contributed by atoms with E-state index in [0.717, 1.165) is 47.9 Å². The highest BCUT2D eigenvalue weighted by Gasteiger charge is 2.51. The zero-order chi connectivity index (χ0) is 48.0. The quantitative estimate of drug-likeness (QED) is 0.104. The lowest BCUT2D eigenvalue weighted by molar-refractivity contribution is -0.133. The first-order valence-corrected chi connectivity index (χ1v) is 24.8. The SMILES string of the molecule is COc1cc(C(=O)N2C[C@@H](C(=O)N[C@H]3C[C@@H]3c3ccccc3)[C@H](C(=O)N[C@H]3C[C@@H]3c3ccccc3)C2)ccc1C(=O)N1C[C@@H](C(=O)N[C@H]2C[C@@H]2c2ccccc2)[C@H](C(=O)N[C@H]2C[C@@H]2c2ccccc2)C1. The van der Waals surface area contributed by atoms with Crippen molar-refractivity contribution in [1.29, 1.82) is 0 Å². The molecule has 2 heterocycles. The highest BCUT2D eigenvalue weighted by molar-refractivity contribution is 6.02. The number of amides is 6. The molecular weight excluding hydrogens is 881 g/mol. The first-order valence-electron chi connectivity index (χ1n) is 24.8. The molecule has 5 aromatic carbocycles. The van der Waals surface area contributed by atoms with Gasteiger partial charge in [-0.2, -0.15) is 0 Å². The average molecular weight is 939 g/mol. The number of nitrogens with zero attached hydrogens (tertiary/aromatic N) is 2. The first-order chi connectivity index (χ1) is 34.1. The van der Waals surface area contributed by atoms with Crippen LogP contribution >= 0.6 is 0 Å². The number of rotatable bonds is 15. The average Bonchev–Trinajstić information content (AvgIpc) is 4.33. The number of carbonyl (C=O) groups excluding carboxylic acids is 6. The predicted octanol–water partition coefficient (Wildman–Crippen LogP) is 5.76. The van der Waals surface area contributed by atoms with Gasteiger partial charge >= 0.3 is 0 Å². The number of hydrogen-bond acceptors (Lipinski definition) is 7. The van der Waals surface area contributed by atoms with E-state index in [9.17, 15) is 28.8 Å². The Morgan fingerprint density at radius 2 is 0.714 bits per heavy atom. The summed E-state index contributed by atoms with van der Waals surface area (Å²) in [5.41, 5.74) is 5.02. The Kier molecular flexibility index (Phi) is 12.2. The summed E-state index contributed by atoms with van der Waals surface area (Å²) in [5.74, 6) is -4.00. The number of hydrogen-bond donors (Lipinski definition) is 4. The number of benzene rings is 5. The van der Waals surface area contributed by atoms with Crippen LogP contribution in [-0.2, 0) is 19.2 Å². The maximum atomic E-state index is 14.5. The van der Waals surface area contributed by atoms with Crippen molar-refractivity contribution < 1.29 is 33.5 Å². The lowest BCUT2D eigenvalue weighted by Crippen LogP contribution is -2.43. The van der Waals surface area contributed by atoms with E-state index < -0.39 is 35.5 Å². The van der Waals surface area contributed by atoms with Gasteiger partial charge in [-0.15, -0.1) is 0 Å². The first kappa shape index (κ1) is 45.2. The normalized spacial score (nSPS) is 29.0. The molecule has 0 aromatic heterocycles. The minimum Gasteiger partial charge on any atom is -0.496 e. The van der Waals surface area contributed by atoms with Crippen LogP contribution in [-0.4, -0.2) is 103 Å². The molecule has 2 saturated heterocycles. The third kappa shape index (κ3) is 9.41. The third-order valence-electron chi connectivity index (χ3n) is 15.6. The third-order valence-corrected chi connectivity index (χ3v) is 15.6. The fourth-order valence-corrected chi connectivity index (χ4v) is 11.2. The van der Waals surface area contributed by atoms with Crippen LogP contribution in [0.4, 0.5) is 0 Å². The lowest BCUT2D eigenvalue weighted by atomic mass is 9.94. The summed E-state index contributed by atoms with van der Waals surface area (Å²) in [6.07, 6.45) is 3.21. The summed E-state index contributed by atoms with van der Waals surface area (Å²) in [7, 11) is 1.42. The van der Waals surface area contributed by atoms with Crippen molar-refractivity contribution in [3.05, 3.63) is 173 Å². The molecule has 0 radical (unpaired) electrons. The second-order valence-corrected chi connectivity index (χ2v) is 20.2. The van der Waals surface area contributed by atoms with Gasteiger partial charge in [-0.05, 0) is 66.1 Å². The smallest absolute Gasteiger partial charge is 0.257 e. The fourth-order valence-electron chi connectivity index (χ4n) is 11.2. The Hall–Kier alpha value is -7.28. The van der Waals surface area contributed by atoms with Gasteiger partial charge in [0.15, 0.2) is 0 Å². The molecule has 0 unspecified atom stereocenters. The van der Waals surface area contributed by atoms with Crippen LogP contribution in [0, 0.1) is 23.7 Å². The molecule has 70 heavy (non-hydrogen) atoms. The van der Waals surface area contributed by atoms with Crippen molar-refractivity contribution in [2.45, 2.75) is 73.5 Å². The van der Waals surface area contributed by atoms with E-state index in [0.29, 0.717) is 0 Å². The molecule has 0 spiro atoms. The van der Waals surface area contributed by atoms with Crippen LogP contribution in [0.5, 0.6) is 5.75 Å². The fraction of sp³-hybridized carbons (Fsp3) is 0.368. The molecule has 358 valence electrons. The van der Waals surface area contributed by atoms with Crippen molar-refractivity contribution in [2.75, 3.05) is 33.3 Å². The van der Waals surface area contributed by atoms with Gasteiger partial charge in [-0.1, -0.05) is 121 Å². The Morgan fingerprint density at radius 1 is 0.414 bits per heavy atom. The van der Waals surface area contributed by atoms with Gasteiger partial charge in [0.25, 0.3) is 11.8 Å². The van der Waals surface area contributed by atoms with Crippen LogP contribution in [0.3, 0.4) is 0 Å². The molecule has 13 heteroatoms. The molecular formula is C57H58N6O7. The van der Waals surface area contributed by atoms with E-state index in [2.05, 4.69) is 69.8 Å². The molecule has 2 aliphatic heterocycles. The molecule has 6 fully saturated rings. The van der Waals surface area contributed by atoms with Crippen molar-refractivity contribution >= 4 is 35.4 Å². The number of methoxy groups -OCH3 is 1. The Morgan fingerprint density at radius 3 is 1.01 bits per heavy atom. The molecule has 5 aromatic rings. The molecule has 6 amide bonds. The molecule has 13 nitrogen and oxygen atoms in total. The Bertz CT molecular complexity index is 2640. The molecule has 6 aliphatic rings. The highest BCUT2D eigenvalue weighted by atomic mass is 16.5. The second kappa shape index (κ2) is 18.9. The van der Waals surface area contributed by atoms with Crippen molar-refractivity contribution in [2.24, 2.45) is 23.7 Å². The molecule has 4 N–H and O–H groups in total. The van der Waals surface area contributed by atoms with Crippen LogP contribution in [0.25, 0.3) is 0 Å². The van der Waals surface area contributed by atoms with Crippen molar-refractivity contribution in [1.82, 2.24) is 31.1 Å². The van der Waals surface area contributed by atoms with Crippen molar-refractivity contribution in [3.8, 4) is 5.75 Å². The summed E-state index contributed by atoms with van der Waals surface area (Å²) >= 11 is 0. The summed E-state index contributed by atoms with van der Waals surface area (Å²) in [6.45, 7) is 0.148. The van der Waals surface area contributed by atoms with Gasteiger partial charge in [-0.3, -0.25) is 28.8 Å². The van der Waals surface area contributed by atoms with Crippen LogP contribution in [0.1, 0.15) is 92.3 Å². The highest BCUT2D eigenvalue weighted by Crippen LogP contribution is 2.45. The van der Waals surface area contributed by atoms with Gasteiger partial charge in [0.05, 0.1) is 36.3 Å². The standard InChI is InChI=1S/C57H58N6O7/c1-70-51-24-37(56(68)62-29-43(52(64)58-47-25-39(47)33-14-6-2-7-15-33)44(30-62)53(65)59-48-26-40(48)34-16-8-3-9-17-34)22-23-38(51)57(69)63-31-45(54(66)60-49-27-41(49)35-18-10-4-11-19-35)46(32-63)55(67)61-50-28-42(50)36-20-12-5-13-21-36/h2-24,39-50H,25-32H2,1H3,(H,58,64)(H,59,65)(H,60,66)(H,61,67)/t39-,40-,41-,42-,43-,44-,45-,46-,47+,48+,49+,50+/m1/s1. The molecule has 4 saturated carbocycles. The second-order valence-electron chi connectivity index (χ2n) is 20.2. The maximum absolute atomic E-state index is 14.5. The minimum absolute atomic E-state index is 0.0304. The minimum atomic E-state index is -0.777. The number of ether oxygens (including phenoxy) is 1. The van der Waals surface area contributed by atoms with Gasteiger partial charge in [-0.25, -0.2) is 0 Å². The van der Waals surface area contributed by atoms with E-state index in [1.165, 1.54) is 24.1 Å².